The van der Waals surface area contributed by atoms with E-state index in [1.165, 1.54) is 26.5 Å². The van der Waals surface area contributed by atoms with E-state index in [1.807, 2.05) is 73.1 Å². The van der Waals surface area contributed by atoms with Crippen LogP contribution >= 0.6 is 15.8 Å². The van der Waals surface area contributed by atoms with Crippen molar-refractivity contribution in [2.45, 2.75) is 43.0 Å². The van der Waals surface area contributed by atoms with Crippen molar-refractivity contribution in [1.82, 2.24) is 15.0 Å². The Hall–Kier alpha value is -5.17. The molecule has 6 aromatic carbocycles. The summed E-state index contributed by atoms with van der Waals surface area (Å²) in [5.74, 6) is 0. The lowest BCUT2D eigenvalue weighted by Gasteiger charge is -2.46. The van der Waals surface area contributed by atoms with Crippen molar-refractivity contribution >= 4 is 48.6 Å². The Balaban J connectivity index is 1.06. The molecule has 8 nitrogen and oxygen atoms in total. The van der Waals surface area contributed by atoms with Crippen LogP contribution in [0.25, 0.3) is 0 Å². The van der Waals surface area contributed by atoms with Crippen LogP contribution in [0.15, 0.2) is 187 Å². The number of aliphatic imine (C=N–C) groups is 1. The van der Waals surface area contributed by atoms with Crippen molar-refractivity contribution in [3.63, 3.8) is 0 Å². The standard InChI is InChI=1S/C47H42N4O4P2/c52-44-43(48-30-35-20-16-17-29-42(35)57(39-25-12-4-13-26-39)40-27-14-5-15-28-40)46(54-41-32-53-47(55-45(41)44)34-18-6-1-7-19-34)51-31-36(49-50-51)33-56(37-21-8-2-9-22-37)38-23-10-3-11-24-38/h1-31,41,43-47,52H,32-33H2/t41-,43-,44-,45-,46-,47-/m1/s1. The molecule has 0 unspecified atom stereocenters. The Kier molecular flexibility index (Phi) is 11.5. The van der Waals surface area contributed by atoms with Crippen LogP contribution in [0.4, 0.5) is 0 Å². The van der Waals surface area contributed by atoms with Crippen LogP contribution in [0, 0.1) is 0 Å². The summed E-state index contributed by atoms with van der Waals surface area (Å²) in [5.41, 5.74) is 2.68. The summed E-state index contributed by atoms with van der Waals surface area (Å²) in [6.45, 7) is 0.240. The lowest BCUT2D eigenvalue weighted by Crippen LogP contribution is -2.59. The van der Waals surface area contributed by atoms with E-state index < -0.39 is 52.7 Å². The monoisotopic (exact) mass is 788 g/mol. The number of nitrogens with zero attached hydrogens (tertiary/aromatic N) is 4. The number of aliphatic hydroxyl groups excluding tert-OH is 1. The molecular weight excluding hydrogens is 746 g/mol. The van der Waals surface area contributed by atoms with Crippen LogP contribution in [0.1, 0.15) is 29.3 Å². The molecule has 0 radical (unpaired) electrons. The molecule has 6 atom stereocenters. The Bertz CT molecular complexity index is 2290. The zero-order chi connectivity index (χ0) is 38.4. The Morgan fingerprint density at radius 3 is 1.82 bits per heavy atom. The fraction of sp³-hybridized carbons (Fsp3) is 0.170. The molecule has 7 aromatic rings. The molecule has 1 N–H and O–H groups in total. The highest BCUT2D eigenvalue weighted by molar-refractivity contribution is 7.80. The van der Waals surface area contributed by atoms with E-state index in [2.05, 4.69) is 126 Å². The molecule has 284 valence electrons. The Morgan fingerprint density at radius 2 is 1.21 bits per heavy atom. The Labute approximate surface area is 335 Å². The van der Waals surface area contributed by atoms with Crippen LogP contribution < -0.4 is 26.5 Å². The van der Waals surface area contributed by atoms with E-state index >= 15 is 0 Å². The molecule has 2 aliphatic heterocycles. The number of ether oxygens (including phenoxy) is 3. The smallest absolute Gasteiger partial charge is 0.184 e. The maximum atomic E-state index is 12.3. The number of fused-ring (bicyclic) bond motifs is 1. The number of hydrogen-bond donors (Lipinski definition) is 1. The van der Waals surface area contributed by atoms with Crippen LogP contribution in [0.3, 0.4) is 0 Å². The van der Waals surface area contributed by atoms with Gasteiger partial charge in [0.25, 0.3) is 0 Å². The van der Waals surface area contributed by atoms with Gasteiger partial charge in [-0.1, -0.05) is 181 Å². The van der Waals surface area contributed by atoms with Crippen molar-refractivity contribution in [2.75, 3.05) is 6.61 Å². The van der Waals surface area contributed by atoms with E-state index in [4.69, 9.17) is 19.2 Å². The molecule has 0 amide bonds. The molecule has 1 aromatic heterocycles. The molecular formula is C47H42N4O4P2. The molecule has 0 saturated carbocycles. The topological polar surface area (TPSA) is 91.0 Å². The van der Waals surface area contributed by atoms with Gasteiger partial charge in [0.2, 0.25) is 0 Å². The zero-order valence-electron chi connectivity index (χ0n) is 31.1. The van der Waals surface area contributed by atoms with Gasteiger partial charge in [-0.3, -0.25) is 4.99 Å². The molecule has 2 fully saturated rings. The molecule has 2 aliphatic rings. The van der Waals surface area contributed by atoms with Gasteiger partial charge in [-0.2, -0.15) is 0 Å². The summed E-state index contributed by atoms with van der Waals surface area (Å²) < 4.78 is 21.2. The van der Waals surface area contributed by atoms with Gasteiger partial charge >= 0.3 is 0 Å². The van der Waals surface area contributed by atoms with E-state index in [1.54, 1.807) is 4.68 Å². The first-order chi connectivity index (χ1) is 28.2. The third-order valence-electron chi connectivity index (χ3n) is 10.3. The number of hydrogen-bond acceptors (Lipinski definition) is 7. The second-order valence-corrected chi connectivity index (χ2v) is 18.4. The lowest BCUT2D eigenvalue weighted by molar-refractivity contribution is -0.322. The van der Waals surface area contributed by atoms with E-state index in [-0.39, 0.29) is 6.61 Å². The van der Waals surface area contributed by atoms with Crippen LogP contribution in [-0.2, 0) is 20.4 Å². The fourth-order valence-corrected chi connectivity index (χ4v) is 12.1. The summed E-state index contributed by atoms with van der Waals surface area (Å²) in [7, 11) is -1.65. The minimum atomic E-state index is -1.03. The molecule has 9 rings (SSSR count). The van der Waals surface area contributed by atoms with Crippen molar-refractivity contribution < 1.29 is 19.3 Å². The van der Waals surface area contributed by atoms with Gasteiger partial charge in [0, 0.05) is 23.5 Å². The van der Waals surface area contributed by atoms with Gasteiger partial charge in [-0.05, 0) is 42.4 Å². The largest absolute Gasteiger partial charge is 0.388 e. The number of aromatic nitrogens is 3. The lowest BCUT2D eigenvalue weighted by atomic mass is 9.95. The second-order valence-electron chi connectivity index (χ2n) is 14.0. The van der Waals surface area contributed by atoms with Crippen molar-refractivity contribution in [1.29, 1.82) is 0 Å². The zero-order valence-corrected chi connectivity index (χ0v) is 32.9. The molecule has 0 aliphatic carbocycles. The number of aliphatic hydroxyl groups is 1. The Morgan fingerprint density at radius 1 is 0.667 bits per heavy atom. The average Bonchev–Trinajstić information content (AvgIpc) is 3.76. The molecule has 0 bridgehead atoms. The van der Waals surface area contributed by atoms with Gasteiger partial charge in [0.1, 0.15) is 24.4 Å². The number of rotatable bonds is 11. The van der Waals surface area contributed by atoms with Crippen LogP contribution in [0.5, 0.6) is 0 Å². The summed E-state index contributed by atoms with van der Waals surface area (Å²) in [6, 6.07) is 59.8. The summed E-state index contributed by atoms with van der Waals surface area (Å²) in [5, 5.41) is 27.8. The average molecular weight is 789 g/mol. The predicted molar refractivity (Wildman–Crippen MR) is 229 cm³/mol. The second kappa shape index (κ2) is 17.5. The predicted octanol–water partition coefficient (Wildman–Crippen LogP) is 6.53. The van der Waals surface area contributed by atoms with Gasteiger partial charge in [0.05, 0.1) is 18.5 Å². The molecule has 57 heavy (non-hydrogen) atoms. The minimum Gasteiger partial charge on any atom is -0.388 e. The van der Waals surface area contributed by atoms with E-state index in [9.17, 15) is 5.11 Å². The summed E-state index contributed by atoms with van der Waals surface area (Å²) >= 11 is 0. The SMILES string of the molecule is O[C@@H]1[C@@H](N=Cc2ccccc2P(c2ccccc2)c2ccccc2)[C@H](n2cc(CP(c3ccccc3)c3ccccc3)nn2)O[C@@H]2CO[C@@H](c3ccccc3)O[C@@H]12. The first-order valence-corrected chi connectivity index (χ1v) is 22.0. The van der Waals surface area contributed by atoms with Crippen molar-refractivity contribution in [2.24, 2.45) is 4.99 Å². The number of benzene rings is 6. The maximum Gasteiger partial charge on any atom is 0.184 e. The molecule has 10 heteroatoms. The van der Waals surface area contributed by atoms with Crippen LogP contribution in [-0.4, -0.2) is 57.3 Å². The molecule has 2 saturated heterocycles. The third-order valence-corrected chi connectivity index (χ3v) is 15.3. The minimum absolute atomic E-state index is 0.240. The van der Waals surface area contributed by atoms with E-state index in [0.717, 1.165) is 16.8 Å². The van der Waals surface area contributed by atoms with Crippen LogP contribution in [0.2, 0.25) is 0 Å². The first-order valence-electron chi connectivity index (χ1n) is 19.2. The third kappa shape index (κ3) is 8.30. The highest BCUT2D eigenvalue weighted by Crippen LogP contribution is 2.40. The van der Waals surface area contributed by atoms with Gasteiger partial charge in [-0.15, -0.1) is 5.10 Å². The molecule has 3 heterocycles. The maximum absolute atomic E-state index is 12.3. The molecule has 0 spiro atoms. The highest BCUT2D eigenvalue weighted by Gasteiger charge is 2.50. The summed E-state index contributed by atoms with van der Waals surface area (Å²) in [6.07, 6.45) is 0.849. The first kappa shape index (κ1) is 37.4. The fourth-order valence-electron chi connectivity index (χ4n) is 7.52. The summed E-state index contributed by atoms with van der Waals surface area (Å²) in [4.78, 5) is 5.18. The van der Waals surface area contributed by atoms with Crippen molar-refractivity contribution in [3.8, 4) is 0 Å². The van der Waals surface area contributed by atoms with Gasteiger partial charge in [0.15, 0.2) is 12.5 Å². The van der Waals surface area contributed by atoms with Gasteiger partial charge in [-0.25, -0.2) is 4.68 Å². The van der Waals surface area contributed by atoms with Crippen molar-refractivity contribution in [3.05, 3.63) is 199 Å². The van der Waals surface area contributed by atoms with E-state index in [0.29, 0.717) is 6.16 Å². The normalized spacial score (nSPS) is 22.2. The highest BCUT2D eigenvalue weighted by atomic mass is 31.1. The van der Waals surface area contributed by atoms with Gasteiger partial charge < -0.3 is 19.3 Å². The quantitative estimate of drug-likeness (QED) is 0.119.